The van der Waals surface area contributed by atoms with Crippen molar-refractivity contribution < 1.29 is 9.63 Å². The highest BCUT2D eigenvalue weighted by atomic mass is 16.5. The molecular formula is C13H15N3O2. The summed E-state index contributed by atoms with van der Waals surface area (Å²) in [4.78, 5) is 4.40. The Morgan fingerprint density at radius 2 is 2.28 bits per heavy atom. The quantitative estimate of drug-likeness (QED) is 0.856. The summed E-state index contributed by atoms with van der Waals surface area (Å²) in [5, 5.41) is 16.9. The second-order valence-electron chi connectivity index (χ2n) is 4.54. The van der Waals surface area contributed by atoms with Crippen molar-refractivity contribution in [2.45, 2.75) is 18.8 Å². The van der Waals surface area contributed by atoms with E-state index in [1.807, 2.05) is 12.1 Å². The zero-order chi connectivity index (χ0) is 12.4. The zero-order valence-corrected chi connectivity index (χ0v) is 9.97. The van der Waals surface area contributed by atoms with E-state index < -0.39 is 0 Å². The fourth-order valence-electron chi connectivity index (χ4n) is 2.20. The maximum atomic E-state index is 9.69. The highest BCUT2D eigenvalue weighted by Crippen LogP contribution is 2.22. The van der Waals surface area contributed by atoms with Gasteiger partial charge in [-0.1, -0.05) is 23.4 Å². The van der Waals surface area contributed by atoms with Crippen LogP contribution in [0.1, 0.15) is 29.6 Å². The van der Waals surface area contributed by atoms with Crippen LogP contribution >= 0.6 is 0 Å². The standard InChI is InChI=1S/C13H15N3O2/c17-11-4-2-1-3-9(11)7-12-15-13(18-16-12)10-5-6-14-8-10/h1-4,10,14,17H,5-8H2. The van der Waals surface area contributed by atoms with Gasteiger partial charge in [-0.25, -0.2) is 0 Å². The molecule has 5 nitrogen and oxygen atoms in total. The maximum absolute atomic E-state index is 9.69. The molecule has 3 rings (SSSR count). The van der Waals surface area contributed by atoms with E-state index in [9.17, 15) is 5.11 Å². The number of benzene rings is 1. The molecule has 1 aliphatic heterocycles. The van der Waals surface area contributed by atoms with Crippen molar-refractivity contribution >= 4 is 0 Å². The molecule has 18 heavy (non-hydrogen) atoms. The van der Waals surface area contributed by atoms with Crippen LogP contribution < -0.4 is 5.32 Å². The molecule has 2 N–H and O–H groups in total. The maximum Gasteiger partial charge on any atom is 0.231 e. The summed E-state index contributed by atoms with van der Waals surface area (Å²) in [6.07, 6.45) is 1.54. The van der Waals surface area contributed by atoms with Crippen LogP contribution in [-0.4, -0.2) is 28.3 Å². The Kier molecular flexibility index (Phi) is 2.98. The number of aromatic nitrogens is 2. The first-order chi connectivity index (χ1) is 8.83. The number of phenols is 1. The Morgan fingerprint density at radius 3 is 3.06 bits per heavy atom. The molecule has 1 atom stereocenters. The highest BCUT2D eigenvalue weighted by Gasteiger charge is 2.22. The van der Waals surface area contributed by atoms with E-state index in [4.69, 9.17) is 4.52 Å². The lowest BCUT2D eigenvalue weighted by Crippen LogP contribution is -2.08. The third-order valence-electron chi connectivity index (χ3n) is 3.23. The molecular weight excluding hydrogens is 230 g/mol. The number of hydrogen-bond donors (Lipinski definition) is 2. The average Bonchev–Trinajstić information content (AvgIpc) is 3.02. The monoisotopic (exact) mass is 245 g/mol. The second kappa shape index (κ2) is 4.78. The van der Waals surface area contributed by atoms with Gasteiger partial charge in [0, 0.05) is 18.5 Å². The van der Waals surface area contributed by atoms with E-state index in [2.05, 4.69) is 15.5 Å². The van der Waals surface area contributed by atoms with E-state index in [1.54, 1.807) is 12.1 Å². The summed E-state index contributed by atoms with van der Waals surface area (Å²) >= 11 is 0. The third kappa shape index (κ3) is 2.22. The first-order valence-electron chi connectivity index (χ1n) is 6.13. The van der Waals surface area contributed by atoms with Gasteiger partial charge in [-0.15, -0.1) is 0 Å². The summed E-state index contributed by atoms with van der Waals surface area (Å²) in [5.41, 5.74) is 0.814. The number of aromatic hydroxyl groups is 1. The van der Waals surface area contributed by atoms with E-state index in [0.29, 0.717) is 24.1 Å². The fraction of sp³-hybridized carbons (Fsp3) is 0.385. The average molecular weight is 245 g/mol. The number of rotatable bonds is 3. The SMILES string of the molecule is Oc1ccccc1Cc1noc(C2CCNC2)n1. The summed E-state index contributed by atoms with van der Waals surface area (Å²) in [6, 6.07) is 7.21. The van der Waals surface area contributed by atoms with Gasteiger partial charge in [0.15, 0.2) is 5.82 Å². The molecule has 0 saturated carbocycles. The lowest BCUT2D eigenvalue weighted by atomic mass is 10.1. The van der Waals surface area contributed by atoms with E-state index >= 15 is 0 Å². The summed E-state index contributed by atoms with van der Waals surface area (Å²) in [5.74, 6) is 1.92. The Bertz CT molecular complexity index is 533. The van der Waals surface area contributed by atoms with Crippen molar-refractivity contribution in [3.8, 4) is 5.75 Å². The molecule has 0 bridgehead atoms. The van der Waals surface area contributed by atoms with E-state index in [0.717, 1.165) is 25.1 Å². The highest BCUT2D eigenvalue weighted by molar-refractivity contribution is 5.33. The molecule has 1 aliphatic rings. The molecule has 0 spiro atoms. The van der Waals surface area contributed by atoms with Crippen LogP contribution in [0, 0.1) is 0 Å². The molecule has 1 aromatic heterocycles. The van der Waals surface area contributed by atoms with Gasteiger partial charge in [0.1, 0.15) is 5.75 Å². The van der Waals surface area contributed by atoms with Crippen LogP contribution in [0.15, 0.2) is 28.8 Å². The van der Waals surface area contributed by atoms with Gasteiger partial charge < -0.3 is 14.9 Å². The molecule has 0 aliphatic carbocycles. The van der Waals surface area contributed by atoms with Gasteiger partial charge in [-0.05, 0) is 19.0 Å². The number of para-hydroxylation sites is 1. The first-order valence-corrected chi connectivity index (χ1v) is 6.13. The molecule has 2 aromatic rings. The van der Waals surface area contributed by atoms with Gasteiger partial charge in [0.05, 0.1) is 5.92 Å². The van der Waals surface area contributed by atoms with Crippen molar-refractivity contribution in [2.24, 2.45) is 0 Å². The lowest BCUT2D eigenvalue weighted by Gasteiger charge is -2.00. The number of nitrogens with one attached hydrogen (secondary N) is 1. The lowest BCUT2D eigenvalue weighted by molar-refractivity contribution is 0.355. The van der Waals surface area contributed by atoms with Crippen molar-refractivity contribution in [1.29, 1.82) is 0 Å². The largest absolute Gasteiger partial charge is 0.508 e. The Hall–Kier alpha value is -1.88. The van der Waals surface area contributed by atoms with E-state index in [1.165, 1.54) is 0 Å². The fourth-order valence-corrected chi connectivity index (χ4v) is 2.20. The summed E-state index contributed by atoms with van der Waals surface area (Å²) < 4.78 is 5.28. The predicted molar refractivity (Wildman–Crippen MR) is 65.4 cm³/mol. The normalized spacial score (nSPS) is 19.2. The molecule has 1 aromatic carbocycles. The van der Waals surface area contributed by atoms with Crippen LogP contribution in [0.5, 0.6) is 5.75 Å². The van der Waals surface area contributed by atoms with Crippen molar-refractivity contribution in [3.05, 3.63) is 41.5 Å². The third-order valence-corrected chi connectivity index (χ3v) is 3.23. The van der Waals surface area contributed by atoms with Crippen LogP contribution in [0.2, 0.25) is 0 Å². The number of nitrogens with zero attached hydrogens (tertiary/aromatic N) is 2. The second-order valence-corrected chi connectivity index (χ2v) is 4.54. The molecule has 0 amide bonds. The zero-order valence-electron chi connectivity index (χ0n) is 9.97. The van der Waals surface area contributed by atoms with Crippen molar-refractivity contribution in [3.63, 3.8) is 0 Å². The van der Waals surface area contributed by atoms with Gasteiger partial charge in [-0.3, -0.25) is 0 Å². The van der Waals surface area contributed by atoms with Crippen molar-refractivity contribution in [2.75, 3.05) is 13.1 Å². The summed E-state index contributed by atoms with van der Waals surface area (Å²) in [7, 11) is 0. The minimum absolute atomic E-state index is 0.270. The Labute approximate surface area is 105 Å². The molecule has 1 unspecified atom stereocenters. The summed E-state index contributed by atoms with van der Waals surface area (Å²) in [6.45, 7) is 1.90. The first kappa shape index (κ1) is 11.2. The number of phenolic OH excluding ortho intramolecular Hbond substituents is 1. The van der Waals surface area contributed by atoms with Gasteiger partial charge in [0.25, 0.3) is 0 Å². The molecule has 94 valence electrons. The topological polar surface area (TPSA) is 71.2 Å². The van der Waals surface area contributed by atoms with Crippen LogP contribution in [0.25, 0.3) is 0 Å². The van der Waals surface area contributed by atoms with Gasteiger partial charge >= 0.3 is 0 Å². The van der Waals surface area contributed by atoms with Crippen LogP contribution in [-0.2, 0) is 6.42 Å². The number of hydrogen-bond acceptors (Lipinski definition) is 5. The Balaban J connectivity index is 1.75. The Morgan fingerprint density at radius 1 is 1.39 bits per heavy atom. The minimum atomic E-state index is 0.270. The van der Waals surface area contributed by atoms with Gasteiger partial charge in [0.2, 0.25) is 5.89 Å². The molecule has 2 heterocycles. The van der Waals surface area contributed by atoms with Gasteiger partial charge in [-0.2, -0.15) is 4.98 Å². The molecule has 5 heteroatoms. The van der Waals surface area contributed by atoms with Crippen LogP contribution in [0.3, 0.4) is 0 Å². The van der Waals surface area contributed by atoms with Crippen molar-refractivity contribution in [1.82, 2.24) is 15.5 Å². The predicted octanol–water partition coefficient (Wildman–Crippen LogP) is 1.44. The molecule has 0 radical (unpaired) electrons. The smallest absolute Gasteiger partial charge is 0.231 e. The molecule has 1 saturated heterocycles. The van der Waals surface area contributed by atoms with Crippen LogP contribution in [0.4, 0.5) is 0 Å². The van der Waals surface area contributed by atoms with E-state index in [-0.39, 0.29) is 5.75 Å². The molecule has 1 fully saturated rings. The minimum Gasteiger partial charge on any atom is -0.508 e.